The van der Waals surface area contributed by atoms with E-state index in [1.165, 1.54) is 4.90 Å². The summed E-state index contributed by atoms with van der Waals surface area (Å²) in [6.45, 7) is 2.67. The molecule has 3 N–H and O–H groups in total. The summed E-state index contributed by atoms with van der Waals surface area (Å²) in [7, 11) is 0. The van der Waals surface area contributed by atoms with Crippen molar-refractivity contribution in [3.8, 4) is 0 Å². The molecule has 0 heterocycles. The van der Waals surface area contributed by atoms with E-state index < -0.39 is 5.97 Å². The van der Waals surface area contributed by atoms with Crippen LogP contribution in [0.3, 0.4) is 0 Å². The highest BCUT2D eigenvalue weighted by atomic mass is 16.4. The van der Waals surface area contributed by atoms with Gasteiger partial charge < -0.3 is 15.7 Å². The van der Waals surface area contributed by atoms with Crippen LogP contribution in [-0.2, 0) is 9.59 Å². The maximum Gasteiger partial charge on any atom is 0.323 e. The fraction of sp³-hybridized carbons (Fsp3) is 0.833. The van der Waals surface area contributed by atoms with E-state index in [0.717, 1.165) is 25.7 Å². The number of carboxylic acids is 1. The lowest BCUT2D eigenvalue weighted by Crippen LogP contribution is -2.43. The van der Waals surface area contributed by atoms with Crippen molar-refractivity contribution < 1.29 is 14.7 Å². The van der Waals surface area contributed by atoms with Crippen molar-refractivity contribution in [2.75, 3.05) is 19.6 Å². The molecule has 0 aliphatic heterocycles. The average Bonchev–Trinajstić information content (AvgIpc) is 3.07. The summed E-state index contributed by atoms with van der Waals surface area (Å²) < 4.78 is 0. The molecule has 0 radical (unpaired) electrons. The van der Waals surface area contributed by atoms with Crippen molar-refractivity contribution >= 4 is 11.9 Å². The number of carboxylic acid groups (broad SMARTS) is 1. The molecule has 0 aromatic carbocycles. The number of carbonyl (C=O) groups is 2. The third-order valence-corrected chi connectivity index (χ3v) is 3.08. The first-order valence-corrected chi connectivity index (χ1v) is 6.29. The second kappa shape index (κ2) is 6.59. The van der Waals surface area contributed by atoms with Crippen LogP contribution in [0.25, 0.3) is 0 Å². The molecule has 1 saturated carbocycles. The molecule has 0 aromatic rings. The monoisotopic (exact) mass is 242 g/mol. The average molecular weight is 242 g/mol. The highest BCUT2D eigenvalue weighted by Crippen LogP contribution is 2.30. The molecule has 1 atom stereocenters. The molecule has 0 spiro atoms. The van der Waals surface area contributed by atoms with E-state index in [9.17, 15) is 9.59 Å². The molecule has 0 bridgehead atoms. The second-order valence-corrected chi connectivity index (χ2v) is 4.78. The smallest absolute Gasteiger partial charge is 0.323 e. The Morgan fingerprint density at radius 1 is 1.47 bits per heavy atom. The summed E-state index contributed by atoms with van der Waals surface area (Å²) in [6, 6.07) is 0. The summed E-state index contributed by atoms with van der Waals surface area (Å²) in [6.07, 6.45) is 3.82. The molecule has 0 aromatic heterocycles. The lowest BCUT2D eigenvalue weighted by molar-refractivity contribution is -0.146. The van der Waals surface area contributed by atoms with E-state index in [1.807, 2.05) is 6.92 Å². The third kappa shape index (κ3) is 4.73. The van der Waals surface area contributed by atoms with E-state index >= 15 is 0 Å². The summed E-state index contributed by atoms with van der Waals surface area (Å²) in [5.41, 5.74) is 5.58. The van der Waals surface area contributed by atoms with Gasteiger partial charge in [-0.15, -0.1) is 0 Å². The molecule has 1 aliphatic rings. The molecule has 1 amide bonds. The number of nitrogens with zero attached hydrogens (tertiary/aromatic N) is 1. The fourth-order valence-electron chi connectivity index (χ4n) is 1.96. The van der Waals surface area contributed by atoms with Crippen molar-refractivity contribution in [3.63, 3.8) is 0 Å². The second-order valence-electron chi connectivity index (χ2n) is 4.78. The zero-order valence-corrected chi connectivity index (χ0v) is 10.4. The number of aliphatic carboxylic acids is 1. The normalized spacial score (nSPS) is 16.6. The topological polar surface area (TPSA) is 83.6 Å². The zero-order chi connectivity index (χ0) is 12.8. The van der Waals surface area contributed by atoms with Crippen LogP contribution in [0.15, 0.2) is 0 Å². The van der Waals surface area contributed by atoms with Crippen molar-refractivity contribution in [1.82, 2.24) is 4.90 Å². The van der Waals surface area contributed by atoms with Crippen LogP contribution in [0.2, 0.25) is 0 Å². The fourth-order valence-corrected chi connectivity index (χ4v) is 1.96. The molecular formula is C12H22N2O3. The van der Waals surface area contributed by atoms with Gasteiger partial charge in [0.15, 0.2) is 0 Å². The molecule has 1 rings (SSSR count). The van der Waals surface area contributed by atoms with Crippen LogP contribution >= 0.6 is 0 Å². The Labute approximate surface area is 102 Å². The van der Waals surface area contributed by atoms with Gasteiger partial charge in [-0.2, -0.15) is 0 Å². The quantitative estimate of drug-likeness (QED) is 0.655. The first kappa shape index (κ1) is 14.0. The zero-order valence-electron chi connectivity index (χ0n) is 10.4. The number of carbonyl (C=O) groups excluding carboxylic acids is 1. The Hall–Kier alpha value is -1.10. The number of nitrogens with two attached hydrogens (primary N) is 1. The lowest BCUT2D eigenvalue weighted by atomic mass is 10.0. The van der Waals surface area contributed by atoms with Crippen molar-refractivity contribution in [1.29, 1.82) is 0 Å². The van der Waals surface area contributed by atoms with Crippen LogP contribution in [0.5, 0.6) is 0 Å². The highest BCUT2D eigenvalue weighted by molar-refractivity contribution is 5.83. The van der Waals surface area contributed by atoms with E-state index in [4.69, 9.17) is 10.8 Å². The Morgan fingerprint density at radius 2 is 2.12 bits per heavy atom. The molecule has 1 aliphatic carbocycles. The van der Waals surface area contributed by atoms with Gasteiger partial charge in [0.05, 0.1) is 5.92 Å². The van der Waals surface area contributed by atoms with E-state index in [0.29, 0.717) is 19.0 Å². The minimum absolute atomic E-state index is 0.0938. The van der Waals surface area contributed by atoms with Gasteiger partial charge in [-0.25, -0.2) is 0 Å². The minimum atomic E-state index is -0.953. The number of rotatable bonds is 8. The van der Waals surface area contributed by atoms with Gasteiger partial charge in [-0.1, -0.05) is 13.3 Å². The number of amides is 1. The van der Waals surface area contributed by atoms with Gasteiger partial charge >= 0.3 is 5.97 Å². The molecule has 1 fully saturated rings. The van der Waals surface area contributed by atoms with Crippen LogP contribution < -0.4 is 5.73 Å². The van der Waals surface area contributed by atoms with Crippen molar-refractivity contribution in [2.45, 2.75) is 32.6 Å². The third-order valence-electron chi connectivity index (χ3n) is 3.08. The largest absolute Gasteiger partial charge is 0.480 e. The molecule has 1 unspecified atom stereocenters. The van der Waals surface area contributed by atoms with Crippen LogP contribution in [0, 0.1) is 11.8 Å². The van der Waals surface area contributed by atoms with Gasteiger partial charge in [-0.3, -0.25) is 9.59 Å². The summed E-state index contributed by atoms with van der Waals surface area (Å²) in [4.78, 5) is 24.4. The molecular weight excluding hydrogens is 220 g/mol. The van der Waals surface area contributed by atoms with Crippen LogP contribution in [0.4, 0.5) is 0 Å². The Bertz CT molecular complexity index is 277. The van der Waals surface area contributed by atoms with Crippen molar-refractivity contribution in [3.05, 3.63) is 0 Å². The highest BCUT2D eigenvalue weighted by Gasteiger charge is 2.30. The molecule has 5 heteroatoms. The maximum absolute atomic E-state index is 12.1. The van der Waals surface area contributed by atoms with Gasteiger partial charge in [-0.05, 0) is 25.2 Å². The molecule has 0 saturated heterocycles. The summed E-state index contributed by atoms with van der Waals surface area (Å²) in [5.74, 6) is -0.772. The van der Waals surface area contributed by atoms with Crippen LogP contribution in [0.1, 0.15) is 32.6 Å². The molecule has 17 heavy (non-hydrogen) atoms. The molecule has 98 valence electrons. The number of hydrogen-bond acceptors (Lipinski definition) is 3. The van der Waals surface area contributed by atoms with E-state index in [2.05, 4.69) is 0 Å². The Kier molecular flexibility index (Phi) is 5.41. The standard InChI is InChI=1S/C12H22N2O3/c1-2-3-10(6-13)12(17)14(8-11(15)16)7-9-4-5-9/h9-10H,2-8,13H2,1H3,(H,15,16). The van der Waals surface area contributed by atoms with Gasteiger partial charge in [0, 0.05) is 13.1 Å². The van der Waals surface area contributed by atoms with Gasteiger partial charge in [0.2, 0.25) is 5.91 Å². The first-order valence-electron chi connectivity index (χ1n) is 6.29. The number of hydrogen-bond donors (Lipinski definition) is 2. The maximum atomic E-state index is 12.1. The van der Waals surface area contributed by atoms with Gasteiger partial charge in [0.1, 0.15) is 6.54 Å². The minimum Gasteiger partial charge on any atom is -0.480 e. The molecule has 5 nitrogen and oxygen atoms in total. The van der Waals surface area contributed by atoms with E-state index in [-0.39, 0.29) is 18.4 Å². The van der Waals surface area contributed by atoms with Gasteiger partial charge in [0.25, 0.3) is 0 Å². The van der Waals surface area contributed by atoms with Crippen molar-refractivity contribution in [2.24, 2.45) is 17.6 Å². The first-order chi connectivity index (χ1) is 8.08. The van der Waals surface area contributed by atoms with Crippen LogP contribution in [-0.4, -0.2) is 41.5 Å². The SMILES string of the molecule is CCCC(CN)C(=O)N(CC(=O)O)CC1CC1. The Balaban J connectivity index is 2.58. The van der Waals surface area contributed by atoms with E-state index in [1.54, 1.807) is 0 Å². The predicted octanol–water partition coefficient (Wildman–Crippen LogP) is 0.685. The summed E-state index contributed by atoms with van der Waals surface area (Å²) >= 11 is 0. The summed E-state index contributed by atoms with van der Waals surface area (Å²) in [5, 5.41) is 8.83. The lowest BCUT2D eigenvalue weighted by Gasteiger charge is -2.25. The predicted molar refractivity (Wildman–Crippen MR) is 64.4 cm³/mol. The Morgan fingerprint density at radius 3 is 2.53 bits per heavy atom.